The van der Waals surface area contributed by atoms with E-state index >= 15 is 0 Å². The second kappa shape index (κ2) is 14.5. The summed E-state index contributed by atoms with van der Waals surface area (Å²) in [6.45, 7) is 6.54. The minimum atomic E-state index is -0.118. The Labute approximate surface area is 202 Å². The highest BCUT2D eigenvalue weighted by atomic mass is 127. The van der Waals surface area contributed by atoms with Crippen molar-refractivity contribution in [3.8, 4) is 11.5 Å². The first-order chi connectivity index (χ1) is 14.6. The van der Waals surface area contributed by atoms with E-state index in [1.165, 1.54) is 5.56 Å². The standard InChI is InChI=1S/C23H32N4O3.HI/c1-5-24-23(26-13-12-19-16-17(2)6-11-21(19)30-4)27-15-14-25-22(28)18-7-9-20(29-3)10-8-18;/h6-11,16H,5,12-15H2,1-4H3,(H,25,28)(H2,24,26,27);1H. The second-order valence-corrected chi connectivity index (χ2v) is 6.74. The van der Waals surface area contributed by atoms with Gasteiger partial charge in [0, 0.05) is 31.7 Å². The molecule has 1 amide bonds. The van der Waals surface area contributed by atoms with Crippen LogP contribution in [0.1, 0.15) is 28.4 Å². The molecular formula is C23H33IN4O3. The minimum absolute atomic E-state index is 0. The fourth-order valence-electron chi connectivity index (χ4n) is 2.93. The molecule has 0 heterocycles. The summed E-state index contributed by atoms with van der Waals surface area (Å²) in [5.41, 5.74) is 2.94. The number of benzene rings is 2. The molecule has 0 aromatic heterocycles. The zero-order valence-corrected chi connectivity index (χ0v) is 21.0. The summed E-state index contributed by atoms with van der Waals surface area (Å²) >= 11 is 0. The molecule has 0 unspecified atom stereocenters. The highest BCUT2D eigenvalue weighted by Gasteiger charge is 2.06. The predicted octanol–water partition coefficient (Wildman–Crippen LogP) is 3.16. The van der Waals surface area contributed by atoms with Gasteiger partial charge in [-0.1, -0.05) is 17.7 Å². The summed E-state index contributed by atoms with van der Waals surface area (Å²) in [6, 6.07) is 13.2. The third-order valence-electron chi connectivity index (χ3n) is 4.49. The van der Waals surface area contributed by atoms with E-state index in [0.717, 1.165) is 36.0 Å². The fourth-order valence-corrected chi connectivity index (χ4v) is 2.93. The molecule has 0 aliphatic heterocycles. The number of amides is 1. The van der Waals surface area contributed by atoms with Crippen molar-refractivity contribution in [2.75, 3.05) is 40.4 Å². The number of methoxy groups -OCH3 is 2. The zero-order chi connectivity index (χ0) is 21.8. The molecule has 0 aliphatic carbocycles. The lowest BCUT2D eigenvalue weighted by molar-refractivity contribution is 0.0954. The van der Waals surface area contributed by atoms with Crippen molar-refractivity contribution in [3.05, 3.63) is 59.2 Å². The molecule has 0 spiro atoms. The summed E-state index contributed by atoms with van der Waals surface area (Å²) in [5, 5.41) is 9.36. The molecule has 0 atom stereocenters. The number of carbonyl (C=O) groups excluding carboxylic acids is 1. The molecule has 0 radical (unpaired) electrons. The first-order valence-electron chi connectivity index (χ1n) is 10.1. The third kappa shape index (κ3) is 9.04. The van der Waals surface area contributed by atoms with E-state index in [9.17, 15) is 4.79 Å². The Morgan fingerprint density at radius 1 is 0.968 bits per heavy atom. The van der Waals surface area contributed by atoms with E-state index in [4.69, 9.17) is 9.47 Å². The van der Waals surface area contributed by atoms with Crippen molar-refractivity contribution in [3.63, 3.8) is 0 Å². The van der Waals surface area contributed by atoms with Gasteiger partial charge in [0.15, 0.2) is 5.96 Å². The fraction of sp³-hybridized carbons (Fsp3) is 0.391. The highest BCUT2D eigenvalue weighted by Crippen LogP contribution is 2.20. The molecular weight excluding hydrogens is 507 g/mol. The van der Waals surface area contributed by atoms with Crippen LogP contribution in [0, 0.1) is 6.92 Å². The quantitative estimate of drug-likeness (QED) is 0.187. The van der Waals surface area contributed by atoms with Gasteiger partial charge < -0.3 is 25.4 Å². The van der Waals surface area contributed by atoms with Gasteiger partial charge in [0.2, 0.25) is 0 Å². The number of nitrogens with zero attached hydrogens (tertiary/aromatic N) is 1. The Hall–Kier alpha value is -2.49. The first kappa shape index (κ1) is 26.5. The molecule has 3 N–H and O–H groups in total. The first-order valence-corrected chi connectivity index (χ1v) is 10.1. The van der Waals surface area contributed by atoms with E-state index in [1.807, 2.05) is 19.1 Å². The number of halogens is 1. The van der Waals surface area contributed by atoms with Crippen molar-refractivity contribution in [2.24, 2.45) is 4.99 Å². The largest absolute Gasteiger partial charge is 0.497 e. The molecule has 170 valence electrons. The van der Waals surface area contributed by atoms with Gasteiger partial charge in [-0.2, -0.15) is 0 Å². The number of rotatable bonds is 10. The Balaban J connectivity index is 0.00000480. The number of carbonyl (C=O) groups is 1. The number of nitrogens with one attached hydrogen (secondary N) is 3. The molecule has 2 rings (SSSR count). The number of ether oxygens (including phenoxy) is 2. The predicted molar refractivity (Wildman–Crippen MR) is 136 cm³/mol. The highest BCUT2D eigenvalue weighted by molar-refractivity contribution is 14.0. The summed E-state index contributed by atoms with van der Waals surface area (Å²) in [7, 11) is 3.28. The lowest BCUT2D eigenvalue weighted by atomic mass is 10.1. The van der Waals surface area contributed by atoms with Gasteiger partial charge in [0.1, 0.15) is 11.5 Å². The summed E-state index contributed by atoms with van der Waals surface area (Å²) in [6.07, 6.45) is 0.787. The van der Waals surface area contributed by atoms with E-state index in [0.29, 0.717) is 25.2 Å². The maximum absolute atomic E-state index is 12.2. The van der Waals surface area contributed by atoms with Crippen LogP contribution < -0.4 is 25.4 Å². The molecule has 8 heteroatoms. The van der Waals surface area contributed by atoms with Crippen LogP contribution in [0.2, 0.25) is 0 Å². The smallest absolute Gasteiger partial charge is 0.251 e. The van der Waals surface area contributed by atoms with Crippen LogP contribution in [0.25, 0.3) is 0 Å². The summed E-state index contributed by atoms with van der Waals surface area (Å²) < 4.78 is 10.5. The molecule has 0 saturated carbocycles. The van der Waals surface area contributed by atoms with E-state index < -0.39 is 0 Å². The van der Waals surface area contributed by atoms with Gasteiger partial charge in [-0.05, 0) is 56.2 Å². The maximum Gasteiger partial charge on any atom is 0.251 e. The van der Waals surface area contributed by atoms with E-state index in [2.05, 4.69) is 33.9 Å². The SMILES string of the molecule is CCNC(=NCCc1cc(C)ccc1OC)NCCNC(=O)c1ccc(OC)cc1.I. The Kier molecular flexibility index (Phi) is 12.4. The van der Waals surface area contributed by atoms with Crippen LogP contribution in [0.15, 0.2) is 47.5 Å². The zero-order valence-electron chi connectivity index (χ0n) is 18.7. The number of aliphatic imine (C=N–C) groups is 1. The van der Waals surface area contributed by atoms with Crippen molar-refractivity contribution in [2.45, 2.75) is 20.3 Å². The van der Waals surface area contributed by atoms with Gasteiger partial charge in [0.05, 0.1) is 14.2 Å². The number of hydrogen-bond donors (Lipinski definition) is 3. The molecule has 7 nitrogen and oxygen atoms in total. The second-order valence-electron chi connectivity index (χ2n) is 6.74. The molecule has 2 aromatic rings. The average molecular weight is 540 g/mol. The van der Waals surface area contributed by atoms with Crippen LogP contribution in [-0.4, -0.2) is 52.3 Å². The van der Waals surface area contributed by atoms with Crippen molar-refractivity contribution in [1.82, 2.24) is 16.0 Å². The van der Waals surface area contributed by atoms with Crippen molar-refractivity contribution in [1.29, 1.82) is 0 Å². The van der Waals surface area contributed by atoms with Crippen molar-refractivity contribution < 1.29 is 14.3 Å². The monoisotopic (exact) mass is 540 g/mol. The van der Waals surface area contributed by atoms with E-state index in [1.54, 1.807) is 38.5 Å². The molecule has 2 aromatic carbocycles. The van der Waals surface area contributed by atoms with Crippen LogP contribution in [0.3, 0.4) is 0 Å². The number of aryl methyl sites for hydroxylation is 1. The van der Waals surface area contributed by atoms with Gasteiger partial charge in [-0.3, -0.25) is 9.79 Å². The Morgan fingerprint density at radius 3 is 2.32 bits per heavy atom. The molecule has 0 saturated heterocycles. The Bertz CT molecular complexity index is 841. The average Bonchev–Trinajstić information content (AvgIpc) is 2.76. The number of guanidine groups is 1. The lowest BCUT2D eigenvalue weighted by Gasteiger charge is -2.13. The third-order valence-corrected chi connectivity index (χ3v) is 4.49. The van der Waals surface area contributed by atoms with E-state index in [-0.39, 0.29) is 29.9 Å². The minimum Gasteiger partial charge on any atom is -0.497 e. The van der Waals surface area contributed by atoms with Crippen LogP contribution in [0.4, 0.5) is 0 Å². The molecule has 0 fully saturated rings. The van der Waals surface area contributed by atoms with Gasteiger partial charge in [-0.25, -0.2) is 0 Å². The summed E-state index contributed by atoms with van der Waals surface area (Å²) in [5.74, 6) is 2.22. The molecule has 0 aliphatic rings. The van der Waals surface area contributed by atoms with Crippen LogP contribution in [0.5, 0.6) is 11.5 Å². The Morgan fingerprint density at radius 2 is 1.68 bits per heavy atom. The van der Waals surface area contributed by atoms with Gasteiger partial charge >= 0.3 is 0 Å². The molecule has 0 bridgehead atoms. The summed E-state index contributed by atoms with van der Waals surface area (Å²) in [4.78, 5) is 16.8. The molecule has 31 heavy (non-hydrogen) atoms. The van der Waals surface area contributed by atoms with Crippen LogP contribution >= 0.6 is 24.0 Å². The van der Waals surface area contributed by atoms with Crippen LogP contribution in [-0.2, 0) is 6.42 Å². The van der Waals surface area contributed by atoms with Gasteiger partial charge in [-0.15, -0.1) is 24.0 Å². The number of hydrogen-bond acceptors (Lipinski definition) is 4. The topological polar surface area (TPSA) is 84.0 Å². The van der Waals surface area contributed by atoms with Gasteiger partial charge in [0.25, 0.3) is 5.91 Å². The maximum atomic E-state index is 12.2. The van der Waals surface area contributed by atoms with Crippen molar-refractivity contribution >= 4 is 35.8 Å². The normalized spacial score (nSPS) is 10.6. The lowest BCUT2D eigenvalue weighted by Crippen LogP contribution is -2.41.